The van der Waals surface area contributed by atoms with Gasteiger partial charge in [0, 0.05) is 24.8 Å². The third kappa shape index (κ3) is 1.91. The molecule has 0 aromatic rings. The molecule has 0 bridgehead atoms. The average Bonchev–Trinajstić information content (AvgIpc) is 2.30. The molecule has 5 heteroatoms. The molecule has 0 saturated heterocycles. The molecule has 2 amide bonds. The number of nitrogens with one attached hydrogen (secondary N) is 1. The van der Waals surface area contributed by atoms with Crippen molar-refractivity contribution in [3.8, 4) is 0 Å². The topological polar surface area (TPSA) is 70.7 Å². The number of hydrogen-bond acceptors (Lipinski definition) is 3. The fraction of sp³-hybridized carbons (Fsp3) is 0. The van der Waals surface area contributed by atoms with Gasteiger partial charge in [-0.3, -0.25) is 15.3 Å². The van der Waals surface area contributed by atoms with E-state index in [1.165, 1.54) is 17.3 Å². The first-order chi connectivity index (χ1) is 5.34. The van der Waals surface area contributed by atoms with Gasteiger partial charge in [0.2, 0.25) is 0 Å². The minimum Gasteiger partial charge on any atom is -0.275 e. The lowest BCUT2D eigenvalue weighted by molar-refractivity contribution is 0.226. The predicted molar refractivity (Wildman–Crippen MR) is 41.3 cm³/mol. The van der Waals surface area contributed by atoms with E-state index in [1.807, 2.05) is 5.43 Å². The molecule has 0 saturated carbocycles. The van der Waals surface area contributed by atoms with Crippen LogP contribution in [0.3, 0.4) is 0 Å². The molecule has 0 aliphatic carbocycles. The summed E-state index contributed by atoms with van der Waals surface area (Å²) in [4.78, 5) is 15.9. The van der Waals surface area contributed by atoms with Crippen molar-refractivity contribution in [1.82, 2.24) is 10.3 Å². The first-order valence-electron chi connectivity index (χ1n) is 3.00. The summed E-state index contributed by atoms with van der Waals surface area (Å²) in [5, 5.41) is 0. The van der Waals surface area contributed by atoms with Crippen LogP contribution < -0.4 is 11.3 Å². The number of nitrogens with zero attached hydrogens (tertiary/aromatic N) is 2. The van der Waals surface area contributed by atoms with E-state index in [2.05, 4.69) is 4.99 Å². The van der Waals surface area contributed by atoms with Gasteiger partial charge in [0.1, 0.15) is 0 Å². The summed E-state index contributed by atoms with van der Waals surface area (Å²) in [5.41, 5.74) is 1.99. The maximum absolute atomic E-state index is 10.9. The van der Waals surface area contributed by atoms with E-state index in [0.717, 1.165) is 0 Å². The zero-order valence-corrected chi connectivity index (χ0v) is 5.77. The normalized spacial score (nSPS) is 14.8. The van der Waals surface area contributed by atoms with E-state index in [0.29, 0.717) is 0 Å². The van der Waals surface area contributed by atoms with Gasteiger partial charge in [-0.2, -0.15) is 0 Å². The fourth-order valence-corrected chi connectivity index (χ4v) is 0.601. The van der Waals surface area contributed by atoms with Crippen LogP contribution in [0, 0.1) is 0 Å². The van der Waals surface area contributed by atoms with Crippen LogP contribution in [0.5, 0.6) is 0 Å². The van der Waals surface area contributed by atoms with Gasteiger partial charge < -0.3 is 0 Å². The third-order valence-electron chi connectivity index (χ3n) is 1.09. The van der Waals surface area contributed by atoms with Gasteiger partial charge in [0.15, 0.2) is 0 Å². The fourth-order valence-electron chi connectivity index (χ4n) is 0.601. The number of urea groups is 1. The summed E-state index contributed by atoms with van der Waals surface area (Å²) in [6, 6.07) is -0.400. The van der Waals surface area contributed by atoms with Crippen molar-refractivity contribution in [2.45, 2.75) is 0 Å². The number of aliphatic imine (C=N–C) groups is 1. The Bertz CT molecular complexity index is 215. The largest absolute Gasteiger partial charge is 0.339 e. The highest BCUT2D eigenvalue weighted by atomic mass is 16.2. The quantitative estimate of drug-likeness (QED) is 0.290. The number of hydrazine groups is 1. The van der Waals surface area contributed by atoms with Crippen LogP contribution in [0.15, 0.2) is 29.7 Å². The Morgan fingerprint density at radius 2 is 2.36 bits per heavy atom. The first-order valence-corrected chi connectivity index (χ1v) is 3.00. The zero-order chi connectivity index (χ0) is 8.10. The van der Waals surface area contributed by atoms with Crippen molar-refractivity contribution in [3.05, 3.63) is 24.7 Å². The molecule has 1 heterocycles. The van der Waals surface area contributed by atoms with Crippen LogP contribution in [-0.2, 0) is 0 Å². The summed E-state index contributed by atoms with van der Waals surface area (Å²) in [5.74, 6) is 4.90. The van der Waals surface area contributed by atoms with Gasteiger partial charge in [-0.15, -0.1) is 0 Å². The second-order valence-electron chi connectivity index (χ2n) is 1.79. The van der Waals surface area contributed by atoms with Gasteiger partial charge in [0.25, 0.3) is 0 Å². The van der Waals surface area contributed by atoms with Crippen LogP contribution >= 0.6 is 0 Å². The van der Waals surface area contributed by atoms with Crippen LogP contribution in [0.4, 0.5) is 4.79 Å². The average molecular weight is 152 g/mol. The van der Waals surface area contributed by atoms with E-state index in [-0.39, 0.29) is 0 Å². The third-order valence-corrected chi connectivity index (χ3v) is 1.09. The Kier molecular flexibility index (Phi) is 2.40. The Balaban J connectivity index is 2.67. The Morgan fingerprint density at radius 1 is 1.55 bits per heavy atom. The molecule has 11 heavy (non-hydrogen) atoms. The predicted octanol–water partition coefficient (Wildman–Crippen LogP) is -0.0590. The van der Waals surface area contributed by atoms with E-state index < -0.39 is 6.03 Å². The Hall–Kier alpha value is -1.62. The highest BCUT2D eigenvalue weighted by Gasteiger charge is 2.03. The molecule has 1 rings (SSSR count). The lowest BCUT2D eigenvalue weighted by atomic mass is 10.6. The first kappa shape index (κ1) is 7.49. The monoisotopic (exact) mass is 152 g/mol. The van der Waals surface area contributed by atoms with E-state index >= 15 is 0 Å². The molecule has 0 aromatic heterocycles. The summed E-state index contributed by atoms with van der Waals surface area (Å²) in [6.45, 7) is 0. The second kappa shape index (κ2) is 3.52. The van der Waals surface area contributed by atoms with Crippen molar-refractivity contribution in [2.24, 2.45) is 10.8 Å². The number of carbonyl (C=O) groups excluding carboxylic acids is 1. The molecule has 0 unspecified atom stereocenters. The standard InChI is InChI=1S/C6H8N4O/c7-9-6(11)10-4-1-2-8-3-5-10/h1-5H,7H2,(H,9,11). The molecule has 5 nitrogen and oxygen atoms in total. The van der Waals surface area contributed by atoms with Crippen molar-refractivity contribution < 1.29 is 4.79 Å². The second-order valence-corrected chi connectivity index (χ2v) is 1.79. The molecule has 0 radical (unpaired) electrons. The summed E-state index contributed by atoms with van der Waals surface area (Å²) in [6.07, 6.45) is 7.75. The molecule has 0 fully saturated rings. The maximum Gasteiger partial charge on any atom is 0.339 e. The number of rotatable bonds is 0. The minimum atomic E-state index is -0.400. The van der Waals surface area contributed by atoms with Gasteiger partial charge in [-0.25, -0.2) is 10.6 Å². The van der Waals surface area contributed by atoms with E-state index in [4.69, 9.17) is 5.84 Å². The smallest absolute Gasteiger partial charge is 0.275 e. The van der Waals surface area contributed by atoms with Crippen molar-refractivity contribution in [3.63, 3.8) is 0 Å². The van der Waals surface area contributed by atoms with Crippen LogP contribution in [-0.4, -0.2) is 17.1 Å². The van der Waals surface area contributed by atoms with Crippen molar-refractivity contribution >= 4 is 12.2 Å². The summed E-state index contributed by atoms with van der Waals surface area (Å²) >= 11 is 0. The molecule has 0 aromatic carbocycles. The molecule has 58 valence electrons. The van der Waals surface area contributed by atoms with E-state index in [9.17, 15) is 4.79 Å². The maximum atomic E-state index is 10.9. The van der Waals surface area contributed by atoms with Crippen LogP contribution in [0.1, 0.15) is 0 Å². The number of allylic oxidation sites excluding steroid dienone is 1. The van der Waals surface area contributed by atoms with Crippen LogP contribution in [0.2, 0.25) is 0 Å². The zero-order valence-electron chi connectivity index (χ0n) is 5.77. The molecule has 3 N–H and O–H groups in total. The Morgan fingerprint density at radius 3 is 3.09 bits per heavy atom. The number of amides is 2. The number of nitrogens with two attached hydrogens (primary N) is 1. The van der Waals surface area contributed by atoms with Crippen molar-refractivity contribution in [1.29, 1.82) is 0 Å². The van der Waals surface area contributed by atoms with Crippen molar-refractivity contribution in [2.75, 3.05) is 0 Å². The molecule has 0 atom stereocenters. The highest BCUT2D eigenvalue weighted by molar-refractivity contribution is 5.79. The molecule has 1 aliphatic heterocycles. The summed E-state index contributed by atoms with van der Waals surface area (Å²) in [7, 11) is 0. The molecular weight excluding hydrogens is 144 g/mol. The Labute approximate surface area is 63.9 Å². The SMILES string of the molecule is NNC(=O)N1C=CC=NC=C1. The molecule has 1 aliphatic rings. The van der Waals surface area contributed by atoms with Crippen LogP contribution in [0.25, 0.3) is 0 Å². The minimum absolute atomic E-state index is 0.400. The highest BCUT2D eigenvalue weighted by Crippen LogP contribution is 1.95. The lowest BCUT2D eigenvalue weighted by Gasteiger charge is -2.09. The van der Waals surface area contributed by atoms with Gasteiger partial charge in [-0.05, 0) is 6.08 Å². The van der Waals surface area contributed by atoms with Gasteiger partial charge in [-0.1, -0.05) is 0 Å². The van der Waals surface area contributed by atoms with Gasteiger partial charge >= 0.3 is 6.03 Å². The van der Waals surface area contributed by atoms with E-state index in [1.54, 1.807) is 18.5 Å². The lowest BCUT2D eigenvalue weighted by Crippen LogP contribution is -2.37. The van der Waals surface area contributed by atoms with Gasteiger partial charge in [0.05, 0.1) is 0 Å². The molecular formula is C6H8N4O. The number of carbonyl (C=O) groups is 1. The number of hydrogen-bond donors (Lipinski definition) is 2. The molecule has 0 spiro atoms. The summed E-state index contributed by atoms with van der Waals surface area (Å²) < 4.78 is 0.